The summed E-state index contributed by atoms with van der Waals surface area (Å²) in [6.45, 7) is 0.624. The Balaban J connectivity index is 1.96. The van der Waals surface area contributed by atoms with Crippen LogP contribution in [0.5, 0.6) is 23.0 Å². The lowest BCUT2D eigenvalue weighted by Crippen LogP contribution is -2.36. The van der Waals surface area contributed by atoms with Gasteiger partial charge in [-0.2, -0.15) is 0 Å². The van der Waals surface area contributed by atoms with Crippen LogP contribution in [0.15, 0.2) is 24.3 Å². The summed E-state index contributed by atoms with van der Waals surface area (Å²) in [7, 11) is 6.54. The third-order valence-corrected chi connectivity index (χ3v) is 5.69. The van der Waals surface area contributed by atoms with Gasteiger partial charge >= 0.3 is 0 Å². The molecular weight excluding hydrogens is 346 g/mol. The van der Waals surface area contributed by atoms with Gasteiger partial charge in [0.1, 0.15) is 0 Å². The molecule has 0 spiro atoms. The van der Waals surface area contributed by atoms with Gasteiger partial charge < -0.3 is 23.8 Å². The number of nitrogens with zero attached hydrogens (tertiary/aromatic N) is 1. The highest BCUT2D eigenvalue weighted by Gasteiger charge is 2.39. The average molecular weight is 369 g/mol. The van der Waals surface area contributed by atoms with Crippen molar-refractivity contribution in [3.05, 3.63) is 46.5 Å². The molecule has 0 unspecified atom stereocenters. The summed E-state index contributed by atoms with van der Waals surface area (Å²) in [5.41, 5.74) is 4.60. The zero-order valence-electron chi connectivity index (χ0n) is 15.9. The smallest absolute Gasteiger partial charge is 0.210 e. The maximum Gasteiger partial charge on any atom is 0.210 e. The lowest BCUT2D eigenvalue weighted by atomic mass is 9.84. The topological polar surface area (TPSA) is 57.2 Å². The van der Waals surface area contributed by atoms with Crippen molar-refractivity contribution in [2.45, 2.75) is 18.4 Å². The van der Waals surface area contributed by atoms with Crippen molar-refractivity contribution in [1.82, 2.24) is 4.90 Å². The summed E-state index contributed by atoms with van der Waals surface area (Å²) in [5.74, 6) is 2.81. The van der Waals surface area contributed by atoms with Crippen molar-refractivity contribution in [1.29, 1.82) is 0 Å². The van der Waals surface area contributed by atoms with Crippen molar-refractivity contribution < 1.29 is 23.7 Å². The molecule has 0 aromatic heterocycles. The predicted molar refractivity (Wildman–Crippen MR) is 100 cm³/mol. The number of ether oxygens (including phenoxy) is 4. The van der Waals surface area contributed by atoms with Crippen LogP contribution in [0, 0.1) is 0 Å². The van der Waals surface area contributed by atoms with E-state index in [1.54, 1.807) is 28.4 Å². The van der Waals surface area contributed by atoms with Crippen LogP contribution in [0.3, 0.4) is 0 Å². The van der Waals surface area contributed by atoms with E-state index in [9.17, 15) is 4.79 Å². The van der Waals surface area contributed by atoms with Gasteiger partial charge in [0.05, 0.1) is 34.5 Å². The normalized spacial score (nSPS) is 19.6. The first-order valence-electron chi connectivity index (χ1n) is 8.86. The van der Waals surface area contributed by atoms with E-state index in [-0.39, 0.29) is 12.0 Å². The number of hydrogen-bond acceptors (Lipinski definition) is 5. The fraction of sp³-hybridized carbons (Fsp3) is 0.381. The molecule has 0 N–H and O–H groups in total. The highest BCUT2D eigenvalue weighted by molar-refractivity contribution is 5.62. The Morgan fingerprint density at radius 1 is 0.815 bits per heavy atom. The van der Waals surface area contributed by atoms with Crippen molar-refractivity contribution in [3.8, 4) is 23.0 Å². The molecule has 0 saturated carbocycles. The second-order valence-corrected chi connectivity index (χ2v) is 6.82. The van der Waals surface area contributed by atoms with E-state index in [0.717, 1.165) is 17.5 Å². The highest BCUT2D eigenvalue weighted by atomic mass is 16.5. The summed E-state index contributed by atoms with van der Waals surface area (Å²) in [6.07, 6.45) is 1.66. The molecule has 5 rings (SSSR count). The summed E-state index contributed by atoms with van der Waals surface area (Å²) in [6, 6.07) is 8.06. The second kappa shape index (κ2) is 6.68. The molecule has 1 aliphatic carbocycles. The molecule has 27 heavy (non-hydrogen) atoms. The third-order valence-electron chi connectivity index (χ3n) is 5.69. The zero-order chi connectivity index (χ0) is 19.1. The maximum absolute atomic E-state index is 11.8. The minimum Gasteiger partial charge on any atom is -0.493 e. The van der Waals surface area contributed by atoms with Crippen LogP contribution < -0.4 is 18.9 Å². The van der Waals surface area contributed by atoms with Crippen molar-refractivity contribution in [2.24, 2.45) is 0 Å². The van der Waals surface area contributed by atoms with Crippen LogP contribution in [-0.2, 0) is 11.2 Å². The zero-order valence-corrected chi connectivity index (χ0v) is 15.9. The van der Waals surface area contributed by atoms with E-state index in [2.05, 4.69) is 0 Å². The Hall–Kier alpha value is -2.89. The van der Waals surface area contributed by atoms with Crippen LogP contribution in [-0.4, -0.2) is 46.3 Å². The van der Waals surface area contributed by atoms with E-state index in [0.29, 0.717) is 36.0 Å². The molecule has 2 aromatic rings. The van der Waals surface area contributed by atoms with Crippen LogP contribution in [0.1, 0.15) is 34.2 Å². The quantitative estimate of drug-likeness (QED) is 0.759. The second-order valence-electron chi connectivity index (χ2n) is 6.82. The first kappa shape index (κ1) is 17.5. The first-order valence-corrected chi connectivity index (χ1v) is 8.86. The highest BCUT2D eigenvalue weighted by Crippen LogP contribution is 2.50. The molecule has 2 bridgehead atoms. The van der Waals surface area contributed by atoms with Gasteiger partial charge in [0.15, 0.2) is 23.0 Å². The lowest BCUT2D eigenvalue weighted by molar-refractivity contribution is -0.120. The van der Waals surface area contributed by atoms with E-state index < -0.39 is 0 Å². The molecule has 6 heteroatoms. The number of benzene rings is 2. The van der Waals surface area contributed by atoms with Gasteiger partial charge in [-0.05, 0) is 52.9 Å². The molecular formula is C21H23NO5. The Bertz CT molecular complexity index is 895. The minimum atomic E-state index is -0.0482. The number of amides is 1. The molecule has 2 atom stereocenters. The van der Waals surface area contributed by atoms with Crippen molar-refractivity contribution in [3.63, 3.8) is 0 Å². The average Bonchev–Trinajstić information content (AvgIpc) is 2.95. The molecule has 3 aliphatic rings. The fourth-order valence-corrected chi connectivity index (χ4v) is 4.37. The summed E-state index contributed by atoms with van der Waals surface area (Å²) < 4.78 is 22.0. The largest absolute Gasteiger partial charge is 0.493 e. The van der Waals surface area contributed by atoms with Gasteiger partial charge in [-0.3, -0.25) is 4.79 Å². The van der Waals surface area contributed by atoms with Crippen molar-refractivity contribution in [2.75, 3.05) is 35.0 Å². The summed E-state index contributed by atoms with van der Waals surface area (Å²) in [5, 5.41) is 0. The molecule has 2 aromatic carbocycles. The minimum absolute atomic E-state index is 0.0403. The SMILES string of the molecule is COc1cc2c(cc1OC)[C@@H]1CN(C=O)[C@H](C2)c2cc(OC)c(OC)cc21. The number of hydrogen-bond donors (Lipinski definition) is 0. The monoisotopic (exact) mass is 369 g/mol. The molecule has 2 heterocycles. The Labute approximate surface area is 158 Å². The molecule has 0 saturated heterocycles. The predicted octanol–water partition coefficient (Wildman–Crippen LogP) is 2.92. The third kappa shape index (κ3) is 2.59. The fourth-order valence-electron chi connectivity index (χ4n) is 4.37. The van der Waals surface area contributed by atoms with Crippen molar-refractivity contribution >= 4 is 6.41 Å². The first-order chi connectivity index (χ1) is 13.1. The van der Waals surface area contributed by atoms with Gasteiger partial charge in [0.2, 0.25) is 6.41 Å². The van der Waals surface area contributed by atoms with Crippen LogP contribution in [0.4, 0.5) is 0 Å². The van der Waals surface area contributed by atoms with Gasteiger partial charge in [-0.25, -0.2) is 0 Å². The lowest BCUT2D eigenvalue weighted by Gasteiger charge is -2.36. The summed E-state index contributed by atoms with van der Waals surface area (Å²) >= 11 is 0. The van der Waals surface area contributed by atoms with Gasteiger partial charge in [0, 0.05) is 12.5 Å². The van der Waals surface area contributed by atoms with E-state index >= 15 is 0 Å². The van der Waals surface area contributed by atoms with Crippen LogP contribution >= 0.6 is 0 Å². The number of rotatable bonds is 5. The molecule has 2 aliphatic heterocycles. The van der Waals surface area contributed by atoms with Crippen LogP contribution in [0.25, 0.3) is 0 Å². The van der Waals surface area contributed by atoms with Gasteiger partial charge in [-0.15, -0.1) is 0 Å². The standard InChI is InChI=1S/C21H23NO5/c1-24-18-6-12-5-17-15-9-21(27-4)20(26-3)8-14(15)16(10-22(17)11-23)13(12)7-19(18)25-2/h6-9,11,16-17H,5,10H2,1-4H3/t16-,17+/m0/s1. The molecule has 142 valence electrons. The number of carbonyl (C=O) groups excluding carboxylic acids is 1. The molecule has 6 nitrogen and oxygen atoms in total. The van der Waals surface area contributed by atoms with E-state index in [1.165, 1.54) is 11.1 Å². The number of fused-ring (bicyclic) bond motifs is 1. The van der Waals surface area contributed by atoms with Crippen LogP contribution in [0.2, 0.25) is 0 Å². The summed E-state index contributed by atoms with van der Waals surface area (Å²) in [4.78, 5) is 13.7. The molecule has 0 radical (unpaired) electrons. The maximum atomic E-state index is 11.8. The number of carbonyl (C=O) groups is 1. The Morgan fingerprint density at radius 3 is 1.89 bits per heavy atom. The van der Waals surface area contributed by atoms with E-state index in [1.807, 2.05) is 29.2 Å². The van der Waals surface area contributed by atoms with Gasteiger partial charge in [-0.1, -0.05) is 0 Å². The molecule has 0 fully saturated rings. The number of methoxy groups -OCH3 is 4. The Kier molecular flexibility index (Phi) is 4.34. The van der Waals surface area contributed by atoms with E-state index in [4.69, 9.17) is 18.9 Å². The molecule has 1 amide bonds. The van der Waals surface area contributed by atoms with Gasteiger partial charge in [0.25, 0.3) is 0 Å². The Morgan fingerprint density at radius 2 is 1.33 bits per heavy atom.